The van der Waals surface area contributed by atoms with Gasteiger partial charge in [0.2, 0.25) is 10.0 Å². The van der Waals surface area contributed by atoms with E-state index in [4.69, 9.17) is 11.6 Å². The van der Waals surface area contributed by atoms with Gasteiger partial charge in [0.25, 0.3) is 10.2 Å². The highest BCUT2D eigenvalue weighted by atomic mass is 35.5. The van der Waals surface area contributed by atoms with Crippen molar-refractivity contribution < 1.29 is 16.8 Å². The van der Waals surface area contributed by atoms with Crippen LogP contribution in [0.4, 0.5) is 0 Å². The van der Waals surface area contributed by atoms with Crippen LogP contribution in [0, 0.1) is 5.92 Å². The Morgan fingerprint density at radius 1 is 1.19 bits per heavy atom. The molecular weight excluding hydrogens is 472 g/mol. The van der Waals surface area contributed by atoms with Crippen LogP contribution in [0.2, 0.25) is 5.02 Å². The van der Waals surface area contributed by atoms with Gasteiger partial charge in [0, 0.05) is 57.4 Å². The zero-order valence-corrected chi connectivity index (χ0v) is 21.1. The van der Waals surface area contributed by atoms with Crippen LogP contribution in [0.3, 0.4) is 0 Å². The molecule has 0 unspecified atom stereocenters. The third kappa shape index (κ3) is 5.01. The lowest BCUT2D eigenvalue weighted by atomic mass is 9.77. The molecule has 0 radical (unpaired) electrons. The summed E-state index contributed by atoms with van der Waals surface area (Å²) in [5, 5.41) is 0.748. The number of hydrogen-bond acceptors (Lipinski definition) is 5. The number of hydrogen-bond donors (Lipinski definition) is 1. The van der Waals surface area contributed by atoms with Crippen LogP contribution in [0.5, 0.6) is 0 Å². The third-order valence-corrected chi connectivity index (χ3v) is 10.8. The quantitative estimate of drug-likeness (QED) is 0.572. The molecule has 180 valence electrons. The molecule has 0 saturated carbocycles. The molecule has 3 aliphatic rings. The molecule has 3 atom stereocenters. The van der Waals surface area contributed by atoms with E-state index in [-0.39, 0.29) is 30.8 Å². The average molecular weight is 505 g/mol. The van der Waals surface area contributed by atoms with Crippen molar-refractivity contribution in [3.05, 3.63) is 34.3 Å². The molecular formula is C21H33ClN4O4S2. The van der Waals surface area contributed by atoms with Crippen LogP contribution in [-0.2, 0) is 26.7 Å². The summed E-state index contributed by atoms with van der Waals surface area (Å²) < 4.78 is 55.4. The largest absolute Gasteiger partial charge is 0.296 e. The number of nitrogens with zero attached hydrogens (tertiary/aromatic N) is 3. The first-order chi connectivity index (χ1) is 15.1. The number of nitrogens with one attached hydrogen (secondary N) is 1. The Hall–Kier alpha value is -0.750. The first-order valence-corrected chi connectivity index (χ1v) is 14.7. The van der Waals surface area contributed by atoms with Gasteiger partial charge < -0.3 is 0 Å². The SMILES string of the molecule is CN(C)S(=O)(=O)NCCCS(=O)(=O)N1CCC[C@@H]2CN3CCc4cc(Cl)ccc4[C@@H]3C[C@@H]21. The van der Waals surface area contributed by atoms with Crippen LogP contribution in [0.15, 0.2) is 18.2 Å². The highest BCUT2D eigenvalue weighted by molar-refractivity contribution is 7.89. The van der Waals surface area contributed by atoms with Crippen molar-refractivity contribution in [1.82, 2.24) is 18.2 Å². The highest BCUT2D eigenvalue weighted by Crippen LogP contribution is 2.44. The van der Waals surface area contributed by atoms with Crippen molar-refractivity contribution in [2.45, 2.75) is 44.2 Å². The van der Waals surface area contributed by atoms with E-state index in [0.29, 0.717) is 12.5 Å². The van der Waals surface area contributed by atoms with E-state index in [0.717, 1.165) is 48.1 Å². The number of fused-ring (bicyclic) bond motifs is 4. The molecule has 1 N–H and O–H groups in total. The molecule has 1 aromatic rings. The van der Waals surface area contributed by atoms with Gasteiger partial charge in [0.15, 0.2) is 0 Å². The first kappa shape index (κ1) is 24.4. The van der Waals surface area contributed by atoms with E-state index in [9.17, 15) is 16.8 Å². The minimum atomic E-state index is -3.54. The van der Waals surface area contributed by atoms with Crippen molar-refractivity contribution in [2.24, 2.45) is 5.92 Å². The molecule has 0 aromatic heterocycles. The van der Waals surface area contributed by atoms with Gasteiger partial charge >= 0.3 is 0 Å². The predicted octanol–water partition coefficient (Wildman–Crippen LogP) is 1.84. The molecule has 11 heteroatoms. The molecule has 0 bridgehead atoms. The molecule has 1 aromatic carbocycles. The fourth-order valence-corrected chi connectivity index (χ4v) is 8.11. The second-order valence-corrected chi connectivity index (χ2v) is 13.7. The van der Waals surface area contributed by atoms with Gasteiger partial charge in [-0.15, -0.1) is 0 Å². The van der Waals surface area contributed by atoms with E-state index in [1.165, 1.54) is 25.2 Å². The second-order valence-electron chi connectivity index (χ2n) is 9.27. The van der Waals surface area contributed by atoms with Crippen molar-refractivity contribution in [2.75, 3.05) is 46.0 Å². The van der Waals surface area contributed by atoms with Crippen molar-refractivity contribution in [1.29, 1.82) is 0 Å². The lowest BCUT2D eigenvalue weighted by Crippen LogP contribution is -2.57. The number of halogens is 1. The molecule has 2 saturated heterocycles. The van der Waals surface area contributed by atoms with Crippen molar-refractivity contribution >= 4 is 31.8 Å². The number of benzene rings is 1. The van der Waals surface area contributed by atoms with Gasteiger partial charge in [-0.3, -0.25) is 4.90 Å². The van der Waals surface area contributed by atoms with E-state index in [1.54, 1.807) is 4.31 Å². The Morgan fingerprint density at radius 3 is 2.72 bits per heavy atom. The lowest BCUT2D eigenvalue weighted by molar-refractivity contribution is 0.0220. The van der Waals surface area contributed by atoms with Crippen LogP contribution >= 0.6 is 11.6 Å². The van der Waals surface area contributed by atoms with Gasteiger partial charge in [-0.1, -0.05) is 17.7 Å². The predicted molar refractivity (Wildman–Crippen MR) is 126 cm³/mol. The van der Waals surface area contributed by atoms with Gasteiger partial charge in [0.1, 0.15) is 0 Å². The Morgan fingerprint density at radius 2 is 1.97 bits per heavy atom. The Balaban J connectivity index is 1.45. The molecule has 4 rings (SSSR count). The van der Waals surface area contributed by atoms with E-state index < -0.39 is 20.2 Å². The third-order valence-electron chi connectivity index (χ3n) is 7.08. The smallest absolute Gasteiger partial charge is 0.278 e. The monoisotopic (exact) mass is 504 g/mol. The fraction of sp³-hybridized carbons (Fsp3) is 0.714. The van der Waals surface area contributed by atoms with Crippen molar-refractivity contribution in [3.8, 4) is 0 Å². The standard InChI is InChI=1S/C21H33ClN4O4S2/c1-24(2)32(29,30)23-9-4-12-31(27,28)26-10-3-5-17-15-25-11-8-16-13-18(22)6-7-19(16)21(25)14-20(17)26/h6-7,13,17,20-21,23H,3-5,8-12,14-15H2,1-2H3/t17-,20+,21+/m1/s1. The first-order valence-electron chi connectivity index (χ1n) is 11.3. The summed E-state index contributed by atoms with van der Waals surface area (Å²) >= 11 is 6.20. The fourth-order valence-electron chi connectivity index (χ4n) is 5.43. The lowest BCUT2D eigenvalue weighted by Gasteiger charge is -2.51. The van der Waals surface area contributed by atoms with Crippen LogP contribution in [0.1, 0.15) is 42.9 Å². The van der Waals surface area contributed by atoms with Crippen LogP contribution in [-0.4, -0.2) is 82.4 Å². The highest BCUT2D eigenvalue weighted by Gasteiger charge is 2.45. The maximum atomic E-state index is 13.3. The topological polar surface area (TPSA) is 90.0 Å². The average Bonchev–Trinajstić information content (AvgIpc) is 2.74. The molecule has 0 spiro atoms. The molecule has 3 aliphatic heterocycles. The van der Waals surface area contributed by atoms with Gasteiger partial charge in [0.05, 0.1) is 5.75 Å². The number of sulfonamides is 1. The summed E-state index contributed by atoms with van der Waals surface area (Å²) in [5.41, 5.74) is 2.55. The van der Waals surface area contributed by atoms with Crippen LogP contribution < -0.4 is 4.72 Å². The summed E-state index contributed by atoms with van der Waals surface area (Å²) in [4.78, 5) is 2.52. The van der Waals surface area contributed by atoms with Crippen LogP contribution in [0.25, 0.3) is 0 Å². The summed E-state index contributed by atoms with van der Waals surface area (Å²) in [6, 6.07) is 6.30. The minimum absolute atomic E-state index is 0.00454. The van der Waals surface area contributed by atoms with Gasteiger partial charge in [-0.25, -0.2) is 13.1 Å². The molecule has 2 fully saturated rings. The van der Waals surface area contributed by atoms with E-state index in [1.807, 2.05) is 12.1 Å². The maximum absolute atomic E-state index is 13.3. The molecule has 8 nitrogen and oxygen atoms in total. The summed E-state index contributed by atoms with van der Waals surface area (Å²) in [5.74, 6) is 0.295. The zero-order chi connectivity index (χ0) is 23.1. The zero-order valence-electron chi connectivity index (χ0n) is 18.7. The molecule has 0 aliphatic carbocycles. The number of rotatable bonds is 7. The van der Waals surface area contributed by atoms with E-state index >= 15 is 0 Å². The maximum Gasteiger partial charge on any atom is 0.278 e. The van der Waals surface area contributed by atoms with E-state index in [2.05, 4.69) is 15.7 Å². The summed E-state index contributed by atoms with van der Waals surface area (Å²) in [6.45, 7) is 2.56. The van der Waals surface area contributed by atoms with Gasteiger partial charge in [-0.2, -0.15) is 17.0 Å². The Labute approximate surface area is 197 Å². The summed E-state index contributed by atoms with van der Waals surface area (Å²) in [6.07, 6.45) is 3.95. The Bertz CT molecular complexity index is 1050. The second kappa shape index (κ2) is 9.48. The van der Waals surface area contributed by atoms with Gasteiger partial charge in [-0.05, 0) is 61.3 Å². The Kier molecular flexibility index (Phi) is 7.22. The molecule has 0 amide bonds. The minimum Gasteiger partial charge on any atom is -0.296 e. The van der Waals surface area contributed by atoms with Crippen molar-refractivity contribution in [3.63, 3.8) is 0 Å². The molecule has 3 heterocycles. The summed E-state index contributed by atoms with van der Waals surface area (Å²) in [7, 11) is -4.13. The number of piperidine rings is 2. The normalized spacial score (nSPS) is 27.1. The molecule has 32 heavy (non-hydrogen) atoms.